The van der Waals surface area contributed by atoms with Crippen LogP contribution in [0.4, 0.5) is 10.1 Å². The van der Waals surface area contributed by atoms with Gasteiger partial charge in [-0.25, -0.2) is 4.39 Å². The number of nitrogens with zero attached hydrogens (tertiary/aromatic N) is 4. The normalized spacial score (nSPS) is 11.0. The van der Waals surface area contributed by atoms with Crippen molar-refractivity contribution in [2.75, 3.05) is 5.32 Å². The number of anilines is 1. The van der Waals surface area contributed by atoms with Crippen LogP contribution in [0, 0.1) is 19.7 Å². The van der Waals surface area contributed by atoms with Gasteiger partial charge in [0.1, 0.15) is 17.3 Å². The minimum Gasteiger partial charge on any atom is -0.456 e. The zero-order valence-corrected chi connectivity index (χ0v) is 20.8. The molecule has 1 N–H and O–H groups in total. The van der Waals surface area contributed by atoms with Gasteiger partial charge in [0.15, 0.2) is 0 Å². The first-order chi connectivity index (χ1) is 17.9. The van der Waals surface area contributed by atoms with Crippen molar-refractivity contribution in [1.29, 1.82) is 0 Å². The molecule has 0 atom stereocenters. The van der Waals surface area contributed by atoms with Crippen LogP contribution in [0.1, 0.15) is 23.6 Å². The second-order valence-corrected chi connectivity index (χ2v) is 8.85. The Kier molecular flexibility index (Phi) is 6.64. The molecule has 0 spiro atoms. The number of halogens is 1. The van der Waals surface area contributed by atoms with Crippen molar-refractivity contribution in [2.24, 2.45) is 0 Å². The Morgan fingerprint density at radius 2 is 1.89 bits per heavy atom. The van der Waals surface area contributed by atoms with E-state index in [-0.39, 0.29) is 12.3 Å². The van der Waals surface area contributed by atoms with Crippen molar-refractivity contribution in [2.45, 2.75) is 33.7 Å². The van der Waals surface area contributed by atoms with E-state index in [2.05, 4.69) is 20.4 Å². The van der Waals surface area contributed by atoms with E-state index in [1.807, 2.05) is 51.2 Å². The fourth-order valence-electron chi connectivity index (χ4n) is 4.21. The molecule has 3 heterocycles. The van der Waals surface area contributed by atoms with Gasteiger partial charge in [-0.15, -0.1) is 0 Å². The lowest BCUT2D eigenvalue weighted by atomic mass is 10.0. The third-order valence-electron chi connectivity index (χ3n) is 6.21. The first-order valence-electron chi connectivity index (χ1n) is 12.0. The third-order valence-corrected chi connectivity index (χ3v) is 6.21. The number of carbonyl (C=O) groups is 1. The molecule has 3 aromatic heterocycles. The van der Waals surface area contributed by atoms with Crippen LogP contribution in [0.3, 0.4) is 0 Å². The average Bonchev–Trinajstić information content (AvgIpc) is 3.34. The van der Waals surface area contributed by atoms with Gasteiger partial charge < -0.3 is 10.1 Å². The van der Waals surface area contributed by atoms with E-state index in [4.69, 9.17) is 4.74 Å². The number of carbonyl (C=O) groups excluding carboxylic acids is 1. The van der Waals surface area contributed by atoms with Gasteiger partial charge in [-0.2, -0.15) is 5.10 Å². The van der Waals surface area contributed by atoms with Crippen LogP contribution in [0.25, 0.3) is 22.0 Å². The van der Waals surface area contributed by atoms with Crippen molar-refractivity contribution < 1.29 is 13.9 Å². The zero-order valence-electron chi connectivity index (χ0n) is 20.8. The number of ether oxygens (including phenoxy) is 1. The molecule has 5 aromatic rings. The molecule has 7 nitrogen and oxygen atoms in total. The van der Waals surface area contributed by atoms with Crippen molar-refractivity contribution in [3.63, 3.8) is 0 Å². The molecule has 0 bridgehead atoms. The summed E-state index contributed by atoms with van der Waals surface area (Å²) in [6, 6.07) is 12.6. The van der Waals surface area contributed by atoms with Gasteiger partial charge in [0, 0.05) is 48.3 Å². The van der Waals surface area contributed by atoms with Gasteiger partial charge in [0.25, 0.3) is 0 Å². The smallest absolute Gasteiger partial charge is 0.228 e. The number of benzene rings is 2. The molecule has 0 aliphatic carbocycles. The van der Waals surface area contributed by atoms with Gasteiger partial charge in [0.05, 0.1) is 23.8 Å². The summed E-state index contributed by atoms with van der Waals surface area (Å²) in [5, 5.41) is 7.69. The summed E-state index contributed by atoms with van der Waals surface area (Å²) in [6.45, 7) is 6.52. The first kappa shape index (κ1) is 24.1. The molecule has 186 valence electrons. The second-order valence-electron chi connectivity index (χ2n) is 8.85. The van der Waals surface area contributed by atoms with Gasteiger partial charge in [-0.05, 0) is 73.4 Å². The van der Waals surface area contributed by atoms with E-state index in [1.165, 1.54) is 6.07 Å². The summed E-state index contributed by atoms with van der Waals surface area (Å²) >= 11 is 0. The highest BCUT2D eigenvalue weighted by Crippen LogP contribution is 2.34. The van der Waals surface area contributed by atoms with E-state index < -0.39 is 5.82 Å². The number of pyridine rings is 2. The van der Waals surface area contributed by atoms with Crippen molar-refractivity contribution >= 4 is 22.5 Å². The average molecular weight is 496 g/mol. The topological polar surface area (TPSA) is 81.9 Å². The molecule has 0 fully saturated rings. The van der Waals surface area contributed by atoms with Gasteiger partial charge in [-0.3, -0.25) is 19.4 Å². The second kappa shape index (κ2) is 10.2. The molecule has 0 aliphatic heterocycles. The SMILES string of the molecule is CCn1cc(NC(=O)Cc2cc(C)c(Oc3ccnc4ccc(-c5cnccc5C)cc34)cc2F)cn1. The van der Waals surface area contributed by atoms with Crippen LogP contribution in [-0.2, 0) is 17.8 Å². The molecule has 0 saturated heterocycles. The zero-order chi connectivity index (χ0) is 25.9. The quantitative estimate of drug-likeness (QED) is 0.289. The minimum absolute atomic E-state index is 0.101. The number of hydrogen-bond acceptors (Lipinski definition) is 5. The summed E-state index contributed by atoms with van der Waals surface area (Å²) in [5.41, 5.74) is 5.47. The Balaban J connectivity index is 1.39. The molecule has 0 unspecified atom stereocenters. The molecular weight excluding hydrogens is 469 g/mol. The van der Waals surface area contributed by atoms with Crippen molar-refractivity contribution in [3.8, 4) is 22.6 Å². The lowest BCUT2D eigenvalue weighted by Gasteiger charge is -2.14. The predicted molar refractivity (Wildman–Crippen MR) is 141 cm³/mol. The number of rotatable bonds is 7. The molecule has 8 heteroatoms. The maximum atomic E-state index is 15.0. The Morgan fingerprint density at radius 1 is 1.03 bits per heavy atom. The standard InChI is InChI=1S/C29H26FN5O2/c1-4-35-17-22(15-33-35)34-29(36)13-21-11-19(3)28(14-25(21)30)37-27-8-10-32-26-6-5-20(12-23(26)27)24-16-31-9-7-18(24)2/h5-12,14-17H,4,13H2,1-3H3,(H,34,36). The first-order valence-corrected chi connectivity index (χ1v) is 12.0. The lowest BCUT2D eigenvalue weighted by Crippen LogP contribution is -2.15. The summed E-state index contributed by atoms with van der Waals surface area (Å²) < 4.78 is 22.9. The number of hydrogen-bond donors (Lipinski definition) is 1. The Hall–Kier alpha value is -4.59. The Morgan fingerprint density at radius 3 is 2.68 bits per heavy atom. The minimum atomic E-state index is -0.509. The van der Waals surface area contributed by atoms with E-state index in [0.29, 0.717) is 34.9 Å². The van der Waals surface area contributed by atoms with E-state index in [9.17, 15) is 4.79 Å². The number of aromatic nitrogens is 4. The third kappa shape index (κ3) is 5.18. The number of nitrogens with one attached hydrogen (secondary N) is 1. The summed E-state index contributed by atoms with van der Waals surface area (Å²) in [7, 11) is 0. The van der Waals surface area contributed by atoms with E-state index in [1.54, 1.807) is 41.6 Å². The van der Waals surface area contributed by atoms with Gasteiger partial charge in [0.2, 0.25) is 5.91 Å². The van der Waals surface area contributed by atoms with E-state index in [0.717, 1.165) is 27.6 Å². The molecule has 0 saturated carbocycles. The largest absolute Gasteiger partial charge is 0.456 e. The molecule has 0 aliphatic rings. The van der Waals surface area contributed by atoms with Crippen LogP contribution < -0.4 is 10.1 Å². The molecule has 37 heavy (non-hydrogen) atoms. The van der Waals surface area contributed by atoms with Crippen LogP contribution >= 0.6 is 0 Å². The maximum absolute atomic E-state index is 15.0. The molecule has 5 rings (SSSR count). The fourth-order valence-corrected chi connectivity index (χ4v) is 4.21. The van der Waals surface area contributed by atoms with Crippen LogP contribution in [0.5, 0.6) is 11.5 Å². The van der Waals surface area contributed by atoms with Crippen molar-refractivity contribution in [1.82, 2.24) is 19.7 Å². The predicted octanol–water partition coefficient (Wildman–Crippen LogP) is 6.24. The highest BCUT2D eigenvalue weighted by molar-refractivity contribution is 5.92. The Bertz CT molecular complexity index is 1610. The lowest BCUT2D eigenvalue weighted by molar-refractivity contribution is -0.115. The fraction of sp³-hybridized carbons (Fsp3) is 0.172. The van der Waals surface area contributed by atoms with Crippen LogP contribution in [0.15, 0.2) is 73.4 Å². The highest BCUT2D eigenvalue weighted by Gasteiger charge is 2.15. The van der Waals surface area contributed by atoms with Gasteiger partial charge >= 0.3 is 0 Å². The highest BCUT2D eigenvalue weighted by atomic mass is 19.1. The summed E-state index contributed by atoms with van der Waals surface area (Å²) in [4.78, 5) is 21.2. The summed E-state index contributed by atoms with van der Waals surface area (Å²) in [5.74, 6) is 0.113. The molecular formula is C29H26FN5O2. The molecule has 2 aromatic carbocycles. The van der Waals surface area contributed by atoms with Gasteiger partial charge in [-0.1, -0.05) is 6.07 Å². The summed E-state index contributed by atoms with van der Waals surface area (Å²) in [6.07, 6.45) is 8.46. The van der Waals surface area contributed by atoms with E-state index >= 15 is 4.39 Å². The van der Waals surface area contributed by atoms with Crippen molar-refractivity contribution in [3.05, 3.63) is 96.0 Å². The molecule has 0 radical (unpaired) electrons. The number of fused-ring (bicyclic) bond motifs is 1. The molecule has 1 amide bonds. The maximum Gasteiger partial charge on any atom is 0.228 e. The number of aryl methyl sites for hydroxylation is 3. The Labute approximate surface area is 214 Å². The monoisotopic (exact) mass is 495 g/mol. The number of amides is 1. The van der Waals surface area contributed by atoms with Crippen LogP contribution in [-0.4, -0.2) is 25.7 Å². The van der Waals surface area contributed by atoms with Crippen LogP contribution in [0.2, 0.25) is 0 Å².